The van der Waals surface area contributed by atoms with Crippen LogP contribution in [0.5, 0.6) is 0 Å². The maximum Gasteiger partial charge on any atom is 0.135 e. The van der Waals surface area contributed by atoms with E-state index in [4.69, 9.17) is 4.74 Å². The maximum absolute atomic E-state index is 5.38. The second-order valence-electron chi connectivity index (χ2n) is 7.39. The first-order valence-corrected chi connectivity index (χ1v) is 10.3. The molecular weight excluding hydrogens is 352 g/mol. The smallest absolute Gasteiger partial charge is 0.135 e. The molecule has 0 saturated carbocycles. The molecular formula is C21H30N6O. The van der Waals surface area contributed by atoms with E-state index < -0.39 is 0 Å². The highest BCUT2D eigenvalue weighted by Gasteiger charge is 2.11. The van der Waals surface area contributed by atoms with Crippen LogP contribution >= 0.6 is 0 Å². The molecule has 1 aromatic carbocycles. The summed E-state index contributed by atoms with van der Waals surface area (Å²) in [6.45, 7) is 7.86. The number of rotatable bonds is 7. The molecule has 4 rings (SSSR count). The topological polar surface area (TPSA) is 65.6 Å². The van der Waals surface area contributed by atoms with E-state index >= 15 is 0 Å². The molecule has 0 aliphatic carbocycles. The Bertz CT molecular complexity index is 726. The average molecular weight is 383 g/mol. The van der Waals surface area contributed by atoms with Gasteiger partial charge in [-0.3, -0.25) is 4.90 Å². The number of piperidine rings is 1. The predicted octanol–water partition coefficient (Wildman–Crippen LogP) is 2.95. The van der Waals surface area contributed by atoms with Gasteiger partial charge in [-0.1, -0.05) is 0 Å². The Hall–Kier alpha value is -2.38. The van der Waals surface area contributed by atoms with Crippen LogP contribution in [0, 0.1) is 0 Å². The minimum atomic E-state index is 0.801. The first-order chi connectivity index (χ1) is 13.9. The first-order valence-electron chi connectivity index (χ1n) is 10.3. The van der Waals surface area contributed by atoms with Crippen molar-refractivity contribution in [2.75, 3.05) is 68.0 Å². The molecule has 0 amide bonds. The van der Waals surface area contributed by atoms with E-state index in [1.807, 2.05) is 6.07 Å². The third-order valence-corrected chi connectivity index (χ3v) is 5.37. The van der Waals surface area contributed by atoms with Gasteiger partial charge in [-0.25, -0.2) is 9.97 Å². The molecule has 2 fully saturated rings. The monoisotopic (exact) mass is 382 g/mol. The molecule has 0 unspecified atom stereocenters. The minimum Gasteiger partial charge on any atom is -0.379 e. The van der Waals surface area contributed by atoms with Crippen LogP contribution in [-0.2, 0) is 4.74 Å². The van der Waals surface area contributed by atoms with Gasteiger partial charge in [-0.05, 0) is 43.5 Å². The van der Waals surface area contributed by atoms with Crippen LogP contribution in [0.15, 0.2) is 36.7 Å². The van der Waals surface area contributed by atoms with Crippen LogP contribution in [0.1, 0.15) is 19.3 Å². The molecule has 0 bridgehead atoms. The third-order valence-electron chi connectivity index (χ3n) is 5.37. The van der Waals surface area contributed by atoms with Crippen LogP contribution in [0.2, 0.25) is 0 Å². The van der Waals surface area contributed by atoms with Crippen LogP contribution in [0.25, 0.3) is 0 Å². The van der Waals surface area contributed by atoms with Crippen molar-refractivity contribution in [3.63, 3.8) is 0 Å². The van der Waals surface area contributed by atoms with Crippen molar-refractivity contribution >= 4 is 23.0 Å². The normalized spacial score (nSPS) is 18.1. The molecule has 0 spiro atoms. The molecule has 150 valence electrons. The summed E-state index contributed by atoms with van der Waals surface area (Å²) in [5.41, 5.74) is 2.34. The molecule has 3 heterocycles. The molecule has 2 saturated heterocycles. The quantitative estimate of drug-likeness (QED) is 0.763. The summed E-state index contributed by atoms with van der Waals surface area (Å²) in [4.78, 5) is 13.5. The highest BCUT2D eigenvalue weighted by molar-refractivity contribution is 5.62. The van der Waals surface area contributed by atoms with E-state index in [0.29, 0.717) is 0 Å². The Morgan fingerprint density at radius 3 is 2.43 bits per heavy atom. The lowest BCUT2D eigenvalue weighted by Gasteiger charge is -2.28. The largest absolute Gasteiger partial charge is 0.379 e. The van der Waals surface area contributed by atoms with Crippen LogP contribution in [0.4, 0.5) is 23.0 Å². The van der Waals surface area contributed by atoms with E-state index in [0.717, 1.165) is 69.8 Å². The molecule has 7 nitrogen and oxygen atoms in total. The molecule has 2 aliphatic rings. The van der Waals surface area contributed by atoms with E-state index in [1.165, 1.54) is 24.9 Å². The van der Waals surface area contributed by atoms with Crippen molar-refractivity contribution in [3.8, 4) is 0 Å². The summed E-state index contributed by atoms with van der Waals surface area (Å²) in [6, 6.07) is 10.6. The predicted molar refractivity (Wildman–Crippen MR) is 114 cm³/mol. The lowest BCUT2D eigenvalue weighted by Crippen LogP contribution is -2.39. The number of ether oxygens (including phenoxy) is 1. The summed E-state index contributed by atoms with van der Waals surface area (Å²) in [5, 5.41) is 6.77. The van der Waals surface area contributed by atoms with Crippen molar-refractivity contribution < 1.29 is 4.74 Å². The number of nitrogens with one attached hydrogen (secondary N) is 2. The minimum absolute atomic E-state index is 0.801. The van der Waals surface area contributed by atoms with E-state index in [9.17, 15) is 0 Å². The van der Waals surface area contributed by atoms with Gasteiger partial charge in [0, 0.05) is 56.7 Å². The lowest BCUT2D eigenvalue weighted by atomic mass is 10.1. The van der Waals surface area contributed by atoms with Gasteiger partial charge in [0.25, 0.3) is 0 Å². The number of nitrogens with zero attached hydrogens (tertiary/aromatic N) is 4. The highest BCUT2D eigenvalue weighted by atomic mass is 16.5. The molecule has 0 radical (unpaired) electrons. The molecule has 1 aromatic heterocycles. The van der Waals surface area contributed by atoms with Gasteiger partial charge in [0.15, 0.2) is 0 Å². The summed E-state index contributed by atoms with van der Waals surface area (Å²) >= 11 is 0. The van der Waals surface area contributed by atoms with Gasteiger partial charge in [0.2, 0.25) is 0 Å². The van der Waals surface area contributed by atoms with Gasteiger partial charge in [0.1, 0.15) is 18.0 Å². The molecule has 2 aromatic rings. The second-order valence-corrected chi connectivity index (χ2v) is 7.39. The molecule has 7 heteroatoms. The average Bonchev–Trinajstić information content (AvgIpc) is 2.76. The summed E-state index contributed by atoms with van der Waals surface area (Å²) < 4.78 is 5.38. The van der Waals surface area contributed by atoms with E-state index in [1.54, 1.807) is 6.33 Å². The Morgan fingerprint density at radius 2 is 1.64 bits per heavy atom. The zero-order chi connectivity index (χ0) is 19.0. The summed E-state index contributed by atoms with van der Waals surface area (Å²) in [7, 11) is 0. The van der Waals surface area contributed by atoms with Crippen molar-refractivity contribution in [1.29, 1.82) is 0 Å². The summed E-state index contributed by atoms with van der Waals surface area (Å²) in [5.74, 6) is 1.64. The Kier molecular flexibility index (Phi) is 6.57. The van der Waals surface area contributed by atoms with E-state index in [2.05, 4.69) is 54.7 Å². The Balaban J connectivity index is 1.29. The van der Waals surface area contributed by atoms with Crippen molar-refractivity contribution in [1.82, 2.24) is 14.9 Å². The van der Waals surface area contributed by atoms with Gasteiger partial charge in [0.05, 0.1) is 13.2 Å². The molecule has 2 aliphatic heterocycles. The number of aromatic nitrogens is 2. The Morgan fingerprint density at radius 1 is 0.893 bits per heavy atom. The van der Waals surface area contributed by atoms with E-state index in [-0.39, 0.29) is 0 Å². The SMILES string of the molecule is c1nc(NCCN2CCOCC2)cc(Nc2ccc(N3CCCCC3)cc2)n1. The van der Waals surface area contributed by atoms with Gasteiger partial charge in [-0.2, -0.15) is 0 Å². The number of anilines is 4. The van der Waals surface area contributed by atoms with Gasteiger partial charge in [-0.15, -0.1) is 0 Å². The lowest BCUT2D eigenvalue weighted by molar-refractivity contribution is 0.0398. The van der Waals surface area contributed by atoms with Gasteiger partial charge >= 0.3 is 0 Å². The van der Waals surface area contributed by atoms with Crippen LogP contribution in [-0.4, -0.2) is 67.4 Å². The van der Waals surface area contributed by atoms with Crippen LogP contribution in [0.3, 0.4) is 0 Å². The molecule has 0 atom stereocenters. The fourth-order valence-corrected chi connectivity index (χ4v) is 3.74. The fourth-order valence-electron chi connectivity index (χ4n) is 3.74. The van der Waals surface area contributed by atoms with Crippen LogP contribution < -0.4 is 15.5 Å². The highest BCUT2D eigenvalue weighted by Crippen LogP contribution is 2.23. The standard InChI is InChI=1S/C21H30N6O/c1-2-9-27(10-3-1)19-6-4-18(5-7-19)25-21-16-20(23-17-24-21)22-8-11-26-12-14-28-15-13-26/h4-7,16-17H,1-3,8-15H2,(H2,22,23,24,25). The molecule has 2 N–H and O–H groups in total. The number of hydrogen-bond donors (Lipinski definition) is 2. The van der Waals surface area contributed by atoms with Gasteiger partial charge < -0.3 is 20.3 Å². The van der Waals surface area contributed by atoms with Crippen molar-refractivity contribution in [2.45, 2.75) is 19.3 Å². The number of hydrogen-bond acceptors (Lipinski definition) is 7. The van der Waals surface area contributed by atoms with Crippen molar-refractivity contribution in [3.05, 3.63) is 36.7 Å². The Labute approximate surface area is 167 Å². The third kappa shape index (κ3) is 5.33. The number of benzene rings is 1. The molecule has 28 heavy (non-hydrogen) atoms. The zero-order valence-electron chi connectivity index (χ0n) is 16.4. The first kappa shape index (κ1) is 19.0. The summed E-state index contributed by atoms with van der Waals surface area (Å²) in [6.07, 6.45) is 5.54. The maximum atomic E-state index is 5.38. The number of morpholine rings is 1. The zero-order valence-corrected chi connectivity index (χ0v) is 16.4. The second kappa shape index (κ2) is 9.71. The van der Waals surface area contributed by atoms with Crippen molar-refractivity contribution in [2.24, 2.45) is 0 Å². The fraction of sp³-hybridized carbons (Fsp3) is 0.524.